The molecule has 1 aliphatic rings. The zero-order valence-corrected chi connectivity index (χ0v) is 16.0. The molecule has 1 aromatic rings. The monoisotopic (exact) mass is 363 g/mol. The fourth-order valence-electron chi connectivity index (χ4n) is 3.32. The Bertz CT molecular complexity index is 631. The molecule has 1 amide bonds. The van der Waals surface area contributed by atoms with Crippen LogP contribution in [-0.4, -0.2) is 38.2 Å². The number of hydrogen-bond donors (Lipinski definition) is 1. The van der Waals surface area contributed by atoms with Gasteiger partial charge in [0.2, 0.25) is 0 Å². The maximum atomic E-state index is 12.2. The van der Waals surface area contributed by atoms with Crippen LogP contribution in [-0.2, 0) is 9.53 Å². The molecule has 0 spiro atoms. The number of methoxy groups -OCH3 is 1. The van der Waals surface area contributed by atoms with Crippen molar-refractivity contribution in [2.75, 3.05) is 20.3 Å². The Hall–Kier alpha value is -2.24. The molecule has 3 atom stereocenters. The van der Waals surface area contributed by atoms with Gasteiger partial charge >= 0.3 is 5.97 Å². The number of esters is 1. The van der Waals surface area contributed by atoms with E-state index >= 15 is 0 Å². The molecule has 0 saturated heterocycles. The standard InChI is InChI=1S/C20H29NO5/c1-5-25-17-10-9-15(11-18(17)24-4)20(23)26-12-19(22)21-16-8-6-7-13(2)14(16)3/h9-11,13-14,16H,5-8,12H2,1-4H3,(H,21,22)/t13-,14-,16+/m0/s1. The average molecular weight is 363 g/mol. The van der Waals surface area contributed by atoms with Gasteiger partial charge in [0.25, 0.3) is 5.91 Å². The molecule has 6 nitrogen and oxygen atoms in total. The molecule has 0 heterocycles. The van der Waals surface area contributed by atoms with E-state index in [9.17, 15) is 9.59 Å². The van der Waals surface area contributed by atoms with Gasteiger partial charge in [-0.3, -0.25) is 4.79 Å². The van der Waals surface area contributed by atoms with E-state index in [2.05, 4.69) is 19.2 Å². The van der Waals surface area contributed by atoms with Gasteiger partial charge in [0.05, 0.1) is 19.3 Å². The van der Waals surface area contributed by atoms with Crippen LogP contribution >= 0.6 is 0 Å². The van der Waals surface area contributed by atoms with E-state index in [1.54, 1.807) is 18.2 Å². The number of ether oxygens (including phenoxy) is 3. The molecule has 1 aliphatic carbocycles. The smallest absolute Gasteiger partial charge is 0.338 e. The summed E-state index contributed by atoms with van der Waals surface area (Å²) in [6, 6.07) is 4.95. The van der Waals surface area contributed by atoms with Gasteiger partial charge in [-0.1, -0.05) is 26.7 Å². The summed E-state index contributed by atoms with van der Waals surface area (Å²) in [4.78, 5) is 24.3. The molecule has 1 saturated carbocycles. The maximum Gasteiger partial charge on any atom is 0.338 e. The van der Waals surface area contributed by atoms with Gasteiger partial charge in [-0.25, -0.2) is 4.79 Å². The third-order valence-electron chi connectivity index (χ3n) is 5.09. The predicted molar refractivity (Wildman–Crippen MR) is 98.6 cm³/mol. The first kappa shape index (κ1) is 20.1. The van der Waals surface area contributed by atoms with Crippen molar-refractivity contribution in [3.05, 3.63) is 23.8 Å². The zero-order valence-electron chi connectivity index (χ0n) is 16.0. The van der Waals surface area contributed by atoms with Crippen molar-refractivity contribution < 1.29 is 23.8 Å². The molecule has 0 unspecified atom stereocenters. The fourth-order valence-corrected chi connectivity index (χ4v) is 3.32. The second-order valence-electron chi connectivity index (χ2n) is 6.82. The molecule has 26 heavy (non-hydrogen) atoms. The number of carbonyl (C=O) groups excluding carboxylic acids is 2. The third-order valence-corrected chi connectivity index (χ3v) is 5.09. The summed E-state index contributed by atoms with van der Waals surface area (Å²) in [5, 5.41) is 2.99. The molecular formula is C20H29NO5. The van der Waals surface area contributed by atoms with Crippen LogP contribution in [0.4, 0.5) is 0 Å². The van der Waals surface area contributed by atoms with Crippen molar-refractivity contribution in [1.82, 2.24) is 5.32 Å². The third kappa shape index (κ3) is 5.13. The lowest BCUT2D eigenvalue weighted by Crippen LogP contribution is -2.45. The first-order chi connectivity index (χ1) is 12.5. The molecular weight excluding hydrogens is 334 g/mol. The van der Waals surface area contributed by atoms with Gasteiger partial charge in [-0.2, -0.15) is 0 Å². The van der Waals surface area contributed by atoms with Crippen LogP contribution in [0, 0.1) is 11.8 Å². The summed E-state index contributed by atoms with van der Waals surface area (Å²) >= 11 is 0. The van der Waals surface area contributed by atoms with Gasteiger partial charge in [-0.05, 0) is 43.4 Å². The van der Waals surface area contributed by atoms with Gasteiger partial charge < -0.3 is 19.5 Å². The SMILES string of the molecule is CCOc1ccc(C(=O)OCC(=O)N[C@@H]2CCC[C@H](C)[C@@H]2C)cc1OC. The minimum absolute atomic E-state index is 0.149. The lowest BCUT2D eigenvalue weighted by atomic mass is 9.78. The summed E-state index contributed by atoms with van der Waals surface area (Å²) < 4.78 is 15.8. The molecule has 1 fully saturated rings. The number of hydrogen-bond acceptors (Lipinski definition) is 5. The molecule has 0 bridgehead atoms. The Kier molecular flexibility index (Phi) is 7.30. The van der Waals surface area contributed by atoms with E-state index in [1.807, 2.05) is 6.92 Å². The van der Waals surface area contributed by atoms with Crippen LogP contribution in [0.3, 0.4) is 0 Å². The largest absolute Gasteiger partial charge is 0.493 e. The van der Waals surface area contributed by atoms with E-state index in [1.165, 1.54) is 13.5 Å². The summed E-state index contributed by atoms with van der Waals surface area (Å²) in [5.74, 6) is 1.21. The van der Waals surface area contributed by atoms with E-state index < -0.39 is 5.97 Å². The lowest BCUT2D eigenvalue weighted by Gasteiger charge is -2.34. The van der Waals surface area contributed by atoms with Gasteiger partial charge in [0.1, 0.15) is 0 Å². The Labute approximate surface area is 155 Å². The number of benzene rings is 1. The van der Waals surface area contributed by atoms with Crippen molar-refractivity contribution in [1.29, 1.82) is 0 Å². The normalized spacial score (nSPS) is 22.4. The fraction of sp³-hybridized carbons (Fsp3) is 0.600. The second kappa shape index (κ2) is 9.46. The highest BCUT2D eigenvalue weighted by atomic mass is 16.5. The number of rotatable bonds is 7. The molecule has 2 rings (SSSR count). The van der Waals surface area contributed by atoms with Crippen LogP contribution in [0.2, 0.25) is 0 Å². The first-order valence-electron chi connectivity index (χ1n) is 9.23. The highest BCUT2D eigenvalue weighted by molar-refractivity contribution is 5.92. The van der Waals surface area contributed by atoms with Crippen molar-refractivity contribution in [3.8, 4) is 11.5 Å². The zero-order chi connectivity index (χ0) is 19.1. The van der Waals surface area contributed by atoms with Crippen molar-refractivity contribution in [2.24, 2.45) is 11.8 Å². The Morgan fingerprint density at radius 3 is 2.65 bits per heavy atom. The van der Waals surface area contributed by atoms with E-state index in [-0.39, 0.29) is 18.6 Å². The van der Waals surface area contributed by atoms with Crippen LogP contribution < -0.4 is 14.8 Å². The minimum atomic E-state index is -0.563. The Morgan fingerprint density at radius 1 is 1.19 bits per heavy atom. The second-order valence-corrected chi connectivity index (χ2v) is 6.82. The highest BCUT2D eigenvalue weighted by Gasteiger charge is 2.28. The Balaban J connectivity index is 1.88. The van der Waals surface area contributed by atoms with Crippen LogP contribution in [0.1, 0.15) is 50.4 Å². The minimum Gasteiger partial charge on any atom is -0.493 e. The van der Waals surface area contributed by atoms with E-state index in [0.29, 0.717) is 35.5 Å². The van der Waals surface area contributed by atoms with E-state index in [0.717, 1.165) is 12.8 Å². The van der Waals surface area contributed by atoms with Crippen LogP contribution in [0.25, 0.3) is 0 Å². The van der Waals surface area contributed by atoms with Crippen LogP contribution in [0.15, 0.2) is 18.2 Å². The summed E-state index contributed by atoms with van der Waals surface area (Å²) in [6.45, 7) is 6.45. The Morgan fingerprint density at radius 2 is 1.96 bits per heavy atom. The average Bonchev–Trinajstić information content (AvgIpc) is 2.64. The number of amides is 1. The van der Waals surface area contributed by atoms with Crippen molar-refractivity contribution in [3.63, 3.8) is 0 Å². The molecule has 6 heteroatoms. The lowest BCUT2D eigenvalue weighted by molar-refractivity contribution is -0.125. The molecule has 0 aliphatic heterocycles. The summed E-state index contributed by atoms with van der Waals surface area (Å²) in [7, 11) is 1.51. The van der Waals surface area contributed by atoms with E-state index in [4.69, 9.17) is 14.2 Å². The first-order valence-corrected chi connectivity index (χ1v) is 9.23. The molecule has 1 aromatic carbocycles. The van der Waals surface area contributed by atoms with Gasteiger partial charge in [0, 0.05) is 6.04 Å². The molecule has 1 N–H and O–H groups in total. The molecule has 0 aromatic heterocycles. The van der Waals surface area contributed by atoms with Gasteiger partial charge in [0.15, 0.2) is 18.1 Å². The molecule has 144 valence electrons. The highest BCUT2D eigenvalue weighted by Crippen LogP contribution is 2.30. The number of nitrogens with one attached hydrogen (secondary N) is 1. The van der Waals surface area contributed by atoms with Crippen molar-refractivity contribution >= 4 is 11.9 Å². The topological polar surface area (TPSA) is 73.9 Å². The maximum absolute atomic E-state index is 12.2. The predicted octanol–water partition coefficient (Wildman–Crippen LogP) is 3.19. The molecule has 0 radical (unpaired) electrons. The quantitative estimate of drug-likeness (QED) is 0.753. The summed E-state index contributed by atoms with van der Waals surface area (Å²) in [5.41, 5.74) is 0.317. The van der Waals surface area contributed by atoms with Gasteiger partial charge in [-0.15, -0.1) is 0 Å². The number of carbonyl (C=O) groups is 2. The van der Waals surface area contributed by atoms with Crippen LogP contribution in [0.5, 0.6) is 11.5 Å². The summed E-state index contributed by atoms with van der Waals surface area (Å²) in [6.07, 6.45) is 3.28. The van der Waals surface area contributed by atoms with Crippen molar-refractivity contribution in [2.45, 2.75) is 46.1 Å².